The van der Waals surface area contributed by atoms with Gasteiger partial charge in [0.1, 0.15) is 0 Å². The van der Waals surface area contributed by atoms with Gasteiger partial charge in [0.2, 0.25) is 5.91 Å². The van der Waals surface area contributed by atoms with Crippen molar-refractivity contribution in [2.24, 2.45) is 5.92 Å². The van der Waals surface area contributed by atoms with Gasteiger partial charge in [-0.25, -0.2) is 0 Å². The van der Waals surface area contributed by atoms with Crippen molar-refractivity contribution in [3.63, 3.8) is 0 Å². The molecule has 0 aliphatic carbocycles. The largest absolute Gasteiger partial charge is 0.345 e. The summed E-state index contributed by atoms with van der Waals surface area (Å²) in [6, 6.07) is 0. The standard InChI is InChI=1S/C18H34N4O/c1-19-11-7-18(8-12-19)15-22(10-4-9-21(18)3)14-16-5-6-17(23)20(2)13-16/h16H,4-15H2,1-3H3. The highest BCUT2D eigenvalue weighted by Crippen LogP contribution is 2.31. The number of carbonyl (C=O) groups excluding carboxylic acids is 1. The predicted octanol–water partition coefficient (Wildman–Crippen LogP) is 0.957. The molecule has 0 aromatic heterocycles. The summed E-state index contributed by atoms with van der Waals surface area (Å²) < 4.78 is 0. The summed E-state index contributed by atoms with van der Waals surface area (Å²) in [4.78, 5) is 21.5. The van der Waals surface area contributed by atoms with E-state index in [4.69, 9.17) is 0 Å². The van der Waals surface area contributed by atoms with Crippen LogP contribution in [0.25, 0.3) is 0 Å². The van der Waals surface area contributed by atoms with Crippen molar-refractivity contribution in [1.82, 2.24) is 19.6 Å². The fourth-order valence-corrected chi connectivity index (χ4v) is 4.73. The van der Waals surface area contributed by atoms with Crippen LogP contribution in [-0.2, 0) is 4.79 Å². The Balaban J connectivity index is 1.62. The Labute approximate surface area is 141 Å². The van der Waals surface area contributed by atoms with Gasteiger partial charge >= 0.3 is 0 Å². The molecule has 1 unspecified atom stereocenters. The molecule has 3 aliphatic rings. The van der Waals surface area contributed by atoms with E-state index in [1.165, 1.54) is 58.5 Å². The van der Waals surface area contributed by atoms with Gasteiger partial charge in [0.25, 0.3) is 0 Å². The number of likely N-dealkylation sites (tertiary alicyclic amines) is 2. The lowest BCUT2D eigenvalue weighted by molar-refractivity contribution is -0.133. The molecule has 3 saturated heterocycles. The van der Waals surface area contributed by atoms with Crippen molar-refractivity contribution < 1.29 is 4.79 Å². The Morgan fingerprint density at radius 3 is 2.52 bits per heavy atom. The normalized spacial score (nSPS) is 31.5. The minimum Gasteiger partial charge on any atom is -0.345 e. The van der Waals surface area contributed by atoms with Gasteiger partial charge < -0.3 is 14.7 Å². The van der Waals surface area contributed by atoms with E-state index in [0.717, 1.165) is 19.4 Å². The Morgan fingerprint density at radius 1 is 1.09 bits per heavy atom. The molecule has 1 atom stereocenters. The lowest BCUT2D eigenvalue weighted by Crippen LogP contribution is -2.58. The van der Waals surface area contributed by atoms with Crippen LogP contribution < -0.4 is 0 Å². The smallest absolute Gasteiger partial charge is 0.222 e. The molecule has 0 aromatic carbocycles. The molecule has 0 radical (unpaired) electrons. The molecule has 3 rings (SSSR count). The number of carbonyl (C=O) groups is 1. The maximum Gasteiger partial charge on any atom is 0.222 e. The average Bonchev–Trinajstić information content (AvgIpc) is 2.66. The number of likely N-dealkylation sites (N-methyl/N-ethyl adjacent to an activating group) is 1. The van der Waals surface area contributed by atoms with Gasteiger partial charge in [-0.2, -0.15) is 0 Å². The topological polar surface area (TPSA) is 30.0 Å². The van der Waals surface area contributed by atoms with Crippen LogP contribution in [0.5, 0.6) is 0 Å². The predicted molar refractivity (Wildman–Crippen MR) is 93.5 cm³/mol. The van der Waals surface area contributed by atoms with Gasteiger partial charge in [0.05, 0.1) is 0 Å². The maximum absolute atomic E-state index is 11.7. The van der Waals surface area contributed by atoms with Crippen LogP contribution in [0, 0.1) is 5.92 Å². The average molecular weight is 322 g/mol. The molecule has 0 N–H and O–H groups in total. The summed E-state index contributed by atoms with van der Waals surface area (Å²) in [5, 5.41) is 0. The number of rotatable bonds is 2. The lowest BCUT2D eigenvalue weighted by atomic mass is 9.85. The van der Waals surface area contributed by atoms with E-state index >= 15 is 0 Å². The van der Waals surface area contributed by atoms with Gasteiger partial charge in [-0.05, 0) is 71.9 Å². The summed E-state index contributed by atoms with van der Waals surface area (Å²) >= 11 is 0. The molecule has 0 aromatic rings. The summed E-state index contributed by atoms with van der Waals surface area (Å²) in [6.45, 7) is 8.21. The minimum absolute atomic E-state index is 0.323. The van der Waals surface area contributed by atoms with E-state index in [-0.39, 0.29) is 0 Å². The first-order valence-corrected chi connectivity index (χ1v) is 9.35. The highest BCUT2D eigenvalue weighted by Gasteiger charge is 2.40. The van der Waals surface area contributed by atoms with E-state index < -0.39 is 0 Å². The number of nitrogens with zero attached hydrogens (tertiary/aromatic N) is 4. The Bertz CT molecular complexity index is 419. The van der Waals surface area contributed by atoms with Gasteiger partial charge in [0.15, 0.2) is 0 Å². The fourth-order valence-electron chi connectivity index (χ4n) is 4.73. The van der Waals surface area contributed by atoms with Gasteiger partial charge in [-0.3, -0.25) is 9.69 Å². The third-order valence-electron chi connectivity index (χ3n) is 6.45. The molecule has 0 bridgehead atoms. The third kappa shape index (κ3) is 3.89. The van der Waals surface area contributed by atoms with Crippen LogP contribution in [0.2, 0.25) is 0 Å². The van der Waals surface area contributed by atoms with Crippen LogP contribution >= 0.6 is 0 Å². The molecular weight excluding hydrogens is 288 g/mol. The summed E-state index contributed by atoms with van der Waals surface area (Å²) in [5.41, 5.74) is 0.374. The lowest BCUT2D eigenvalue weighted by Gasteiger charge is -2.48. The zero-order chi connectivity index (χ0) is 16.4. The molecule has 5 heteroatoms. The van der Waals surface area contributed by atoms with Crippen LogP contribution in [-0.4, -0.2) is 98.0 Å². The van der Waals surface area contributed by atoms with E-state index in [1.54, 1.807) is 0 Å². The maximum atomic E-state index is 11.7. The van der Waals surface area contributed by atoms with Crippen LogP contribution in [0.3, 0.4) is 0 Å². The molecule has 1 spiro atoms. The molecule has 23 heavy (non-hydrogen) atoms. The third-order valence-corrected chi connectivity index (χ3v) is 6.45. The van der Waals surface area contributed by atoms with E-state index in [9.17, 15) is 4.79 Å². The highest BCUT2D eigenvalue weighted by molar-refractivity contribution is 5.76. The van der Waals surface area contributed by atoms with Crippen molar-refractivity contribution in [1.29, 1.82) is 0 Å². The summed E-state index contributed by atoms with van der Waals surface area (Å²) in [6.07, 6.45) is 5.67. The fraction of sp³-hybridized carbons (Fsp3) is 0.944. The number of amides is 1. The van der Waals surface area contributed by atoms with Crippen LogP contribution in [0.1, 0.15) is 32.1 Å². The molecule has 5 nitrogen and oxygen atoms in total. The molecule has 0 saturated carbocycles. The van der Waals surface area contributed by atoms with Crippen molar-refractivity contribution in [3.05, 3.63) is 0 Å². The molecule has 3 heterocycles. The Kier molecular flexibility index (Phi) is 5.29. The van der Waals surface area contributed by atoms with Crippen LogP contribution in [0.15, 0.2) is 0 Å². The zero-order valence-corrected chi connectivity index (χ0v) is 15.3. The van der Waals surface area contributed by atoms with E-state index in [2.05, 4.69) is 28.8 Å². The first-order chi connectivity index (χ1) is 11.0. The number of hydrogen-bond acceptors (Lipinski definition) is 4. The first kappa shape index (κ1) is 17.2. The number of piperidine rings is 2. The Hall–Kier alpha value is -0.650. The summed E-state index contributed by atoms with van der Waals surface area (Å²) in [7, 11) is 6.54. The van der Waals surface area contributed by atoms with E-state index in [0.29, 0.717) is 17.4 Å². The van der Waals surface area contributed by atoms with Gasteiger partial charge in [-0.1, -0.05) is 0 Å². The molecule has 1 amide bonds. The minimum atomic E-state index is 0.323. The second-order valence-corrected chi connectivity index (χ2v) is 8.22. The second kappa shape index (κ2) is 7.08. The monoisotopic (exact) mass is 322 g/mol. The van der Waals surface area contributed by atoms with Gasteiger partial charge in [-0.15, -0.1) is 0 Å². The molecule has 132 valence electrons. The zero-order valence-electron chi connectivity index (χ0n) is 15.3. The molecular formula is C18H34N4O. The SMILES string of the molecule is CN1CCC2(CC1)CN(CC1CCC(=O)N(C)C1)CCCN2C. The summed E-state index contributed by atoms with van der Waals surface area (Å²) in [5.74, 6) is 0.980. The van der Waals surface area contributed by atoms with E-state index in [1.807, 2.05) is 11.9 Å². The van der Waals surface area contributed by atoms with Gasteiger partial charge in [0, 0.05) is 38.6 Å². The Morgan fingerprint density at radius 2 is 1.83 bits per heavy atom. The van der Waals surface area contributed by atoms with Crippen molar-refractivity contribution in [2.75, 3.05) is 67.0 Å². The quantitative estimate of drug-likeness (QED) is 0.757. The van der Waals surface area contributed by atoms with Crippen LogP contribution in [0.4, 0.5) is 0 Å². The van der Waals surface area contributed by atoms with Crippen molar-refractivity contribution in [3.8, 4) is 0 Å². The highest BCUT2D eigenvalue weighted by atomic mass is 16.2. The second-order valence-electron chi connectivity index (χ2n) is 8.22. The van der Waals surface area contributed by atoms with Crippen molar-refractivity contribution >= 4 is 5.91 Å². The number of hydrogen-bond donors (Lipinski definition) is 0. The molecule has 3 aliphatic heterocycles. The van der Waals surface area contributed by atoms with Crippen molar-refractivity contribution in [2.45, 2.75) is 37.6 Å². The first-order valence-electron chi connectivity index (χ1n) is 9.35. The molecule has 3 fully saturated rings.